The smallest absolute Gasteiger partial charge is 0.257 e. The topological polar surface area (TPSA) is 95.7 Å². The molecule has 0 N–H and O–H groups in total. The number of benzene rings is 1. The predicted molar refractivity (Wildman–Crippen MR) is 84.9 cm³/mol. The third kappa shape index (κ3) is 3.58. The van der Waals surface area contributed by atoms with Gasteiger partial charge in [0.1, 0.15) is 18.1 Å². The largest absolute Gasteiger partial charge is 0.467 e. The van der Waals surface area contributed by atoms with Gasteiger partial charge in [-0.25, -0.2) is 9.07 Å². The molecule has 0 atom stereocenters. The van der Waals surface area contributed by atoms with Crippen molar-refractivity contribution >= 4 is 11.8 Å². The molecule has 0 amide bonds. The van der Waals surface area contributed by atoms with Crippen LogP contribution in [0.4, 0.5) is 4.39 Å². The third-order valence-electron chi connectivity index (χ3n) is 3.27. The summed E-state index contributed by atoms with van der Waals surface area (Å²) in [7, 11) is 0. The van der Waals surface area contributed by atoms with Crippen LogP contribution in [0.15, 0.2) is 56.8 Å². The molecule has 0 saturated heterocycles. The number of furan rings is 1. The van der Waals surface area contributed by atoms with Crippen molar-refractivity contribution in [2.24, 2.45) is 0 Å². The SMILES string of the molecule is Fc1ccc(-c2nc(CSc3nnnn3Cc3ccco3)no2)cc1. The van der Waals surface area contributed by atoms with Gasteiger partial charge in [0.05, 0.1) is 12.0 Å². The highest BCUT2D eigenvalue weighted by Crippen LogP contribution is 2.22. The number of thioether (sulfide) groups is 1. The standard InChI is InChI=1S/C15H11FN6O2S/c16-11-5-3-10(4-6-11)14-17-13(19-24-14)9-25-15-18-20-21-22(15)8-12-2-1-7-23-12/h1-7H,8-9H2. The lowest BCUT2D eigenvalue weighted by Gasteiger charge is -2.00. The van der Waals surface area contributed by atoms with Crippen molar-refractivity contribution in [3.05, 3.63) is 60.1 Å². The number of aromatic nitrogens is 6. The van der Waals surface area contributed by atoms with Crippen LogP contribution in [-0.4, -0.2) is 30.3 Å². The maximum Gasteiger partial charge on any atom is 0.257 e. The number of hydrogen-bond acceptors (Lipinski definition) is 8. The van der Waals surface area contributed by atoms with Gasteiger partial charge in [0, 0.05) is 5.56 Å². The van der Waals surface area contributed by atoms with Gasteiger partial charge in [-0.3, -0.25) is 0 Å². The van der Waals surface area contributed by atoms with Crippen molar-refractivity contribution in [3.63, 3.8) is 0 Å². The zero-order valence-corrected chi connectivity index (χ0v) is 13.6. The van der Waals surface area contributed by atoms with Crippen LogP contribution in [0, 0.1) is 5.82 Å². The van der Waals surface area contributed by atoms with Crippen molar-refractivity contribution in [2.75, 3.05) is 0 Å². The Morgan fingerprint density at radius 1 is 1.16 bits per heavy atom. The summed E-state index contributed by atoms with van der Waals surface area (Å²) >= 11 is 1.38. The van der Waals surface area contributed by atoms with E-state index < -0.39 is 0 Å². The summed E-state index contributed by atoms with van der Waals surface area (Å²) in [6.07, 6.45) is 1.60. The molecule has 0 saturated carbocycles. The van der Waals surface area contributed by atoms with Gasteiger partial charge in [-0.15, -0.1) is 5.10 Å². The minimum atomic E-state index is -0.317. The molecule has 0 bridgehead atoms. The average Bonchev–Trinajstić information content (AvgIpc) is 3.36. The lowest BCUT2D eigenvalue weighted by molar-refractivity contribution is 0.425. The number of tetrazole rings is 1. The Balaban J connectivity index is 1.42. The Morgan fingerprint density at radius 3 is 2.84 bits per heavy atom. The fourth-order valence-electron chi connectivity index (χ4n) is 2.10. The number of hydrogen-bond donors (Lipinski definition) is 0. The second-order valence-corrected chi connectivity index (χ2v) is 5.95. The second kappa shape index (κ2) is 6.85. The summed E-state index contributed by atoms with van der Waals surface area (Å²) in [4.78, 5) is 4.30. The summed E-state index contributed by atoms with van der Waals surface area (Å²) in [5.41, 5.74) is 0.660. The zero-order chi connectivity index (χ0) is 17.1. The van der Waals surface area contributed by atoms with E-state index in [9.17, 15) is 4.39 Å². The van der Waals surface area contributed by atoms with E-state index >= 15 is 0 Å². The highest BCUT2D eigenvalue weighted by Gasteiger charge is 2.13. The summed E-state index contributed by atoms with van der Waals surface area (Å²) in [5, 5.41) is 16.1. The average molecular weight is 358 g/mol. The first kappa shape index (κ1) is 15.5. The highest BCUT2D eigenvalue weighted by molar-refractivity contribution is 7.98. The van der Waals surface area contributed by atoms with E-state index in [-0.39, 0.29) is 5.82 Å². The Hall–Kier alpha value is -3.01. The summed E-state index contributed by atoms with van der Waals surface area (Å²) < 4.78 is 25.1. The van der Waals surface area contributed by atoms with Crippen LogP contribution in [0.25, 0.3) is 11.5 Å². The molecule has 25 heavy (non-hydrogen) atoms. The molecule has 3 heterocycles. The molecule has 0 aliphatic heterocycles. The van der Waals surface area contributed by atoms with Gasteiger partial charge in [-0.1, -0.05) is 16.9 Å². The first-order valence-corrected chi connectivity index (χ1v) is 8.26. The third-order valence-corrected chi connectivity index (χ3v) is 4.23. The van der Waals surface area contributed by atoms with E-state index in [0.29, 0.717) is 34.7 Å². The Morgan fingerprint density at radius 2 is 2.04 bits per heavy atom. The fraction of sp³-hybridized carbons (Fsp3) is 0.133. The minimum absolute atomic E-state index is 0.317. The first-order chi connectivity index (χ1) is 12.3. The molecular weight excluding hydrogens is 347 g/mol. The zero-order valence-electron chi connectivity index (χ0n) is 12.7. The van der Waals surface area contributed by atoms with Gasteiger partial charge in [0.2, 0.25) is 5.16 Å². The van der Waals surface area contributed by atoms with Crippen molar-refractivity contribution in [3.8, 4) is 11.5 Å². The molecule has 0 unspecified atom stereocenters. The van der Waals surface area contributed by atoms with Gasteiger partial charge in [-0.2, -0.15) is 4.98 Å². The lowest BCUT2D eigenvalue weighted by atomic mass is 10.2. The molecular formula is C15H11FN6O2S. The predicted octanol–water partition coefficient (Wildman–Crippen LogP) is 2.80. The summed E-state index contributed by atoms with van der Waals surface area (Å²) in [6.45, 7) is 0.440. The van der Waals surface area contributed by atoms with Gasteiger partial charge in [-0.05, 0) is 46.8 Å². The molecule has 0 aliphatic carbocycles. The van der Waals surface area contributed by atoms with Crippen LogP contribution in [0.3, 0.4) is 0 Å². The lowest BCUT2D eigenvalue weighted by Crippen LogP contribution is -2.03. The van der Waals surface area contributed by atoms with Gasteiger partial charge >= 0.3 is 0 Å². The van der Waals surface area contributed by atoms with E-state index in [0.717, 1.165) is 5.76 Å². The number of nitrogens with zero attached hydrogens (tertiary/aromatic N) is 6. The molecule has 1 aromatic carbocycles. The first-order valence-electron chi connectivity index (χ1n) is 7.28. The van der Waals surface area contributed by atoms with Crippen LogP contribution in [0.5, 0.6) is 0 Å². The van der Waals surface area contributed by atoms with Crippen LogP contribution in [-0.2, 0) is 12.3 Å². The second-order valence-electron chi connectivity index (χ2n) is 5.01. The monoisotopic (exact) mass is 358 g/mol. The van der Waals surface area contributed by atoms with E-state index in [2.05, 4.69) is 25.7 Å². The molecule has 8 nitrogen and oxygen atoms in total. The summed E-state index contributed by atoms with van der Waals surface area (Å²) in [5.74, 6) is 1.71. The van der Waals surface area contributed by atoms with Gasteiger partial charge in [0.15, 0.2) is 5.82 Å². The van der Waals surface area contributed by atoms with E-state index in [1.807, 2.05) is 12.1 Å². The van der Waals surface area contributed by atoms with Crippen LogP contribution >= 0.6 is 11.8 Å². The van der Waals surface area contributed by atoms with Crippen molar-refractivity contribution in [1.82, 2.24) is 30.3 Å². The maximum absolute atomic E-state index is 13.0. The molecule has 0 radical (unpaired) electrons. The number of rotatable bonds is 6. The van der Waals surface area contributed by atoms with E-state index in [4.69, 9.17) is 8.94 Å². The van der Waals surface area contributed by atoms with Crippen molar-refractivity contribution in [1.29, 1.82) is 0 Å². The normalized spacial score (nSPS) is 11.1. The molecule has 126 valence electrons. The van der Waals surface area contributed by atoms with Crippen LogP contribution in [0.1, 0.15) is 11.6 Å². The van der Waals surface area contributed by atoms with Gasteiger partial charge in [0.25, 0.3) is 5.89 Å². The van der Waals surface area contributed by atoms with E-state index in [1.54, 1.807) is 23.1 Å². The summed E-state index contributed by atoms with van der Waals surface area (Å²) in [6, 6.07) is 9.52. The molecule has 3 aromatic heterocycles. The minimum Gasteiger partial charge on any atom is -0.467 e. The van der Waals surface area contributed by atoms with Crippen molar-refractivity contribution in [2.45, 2.75) is 17.5 Å². The Kier molecular flexibility index (Phi) is 4.25. The molecule has 4 aromatic rings. The van der Waals surface area contributed by atoms with Crippen LogP contribution < -0.4 is 0 Å². The van der Waals surface area contributed by atoms with Gasteiger partial charge < -0.3 is 8.94 Å². The Labute approximate surface area is 145 Å². The molecule has 0 spiro atoms. The molecule has 0 aliphatic rings. The van der Waals surface area contributed by atoms with Crippen molar-refractivity contribution < 1.29 is 13.3 Å². The van der Waals surface area contributed by atoms with Crippen LogP contribution in [0.2, 0.25) is 0 Å². The maximum atomic E-state index is 13.0. The molecule has 10 heteroatoms. The number of halogens is 1. The highest BCUT2D eigenvalue weighted by atomic mass is 32.2. The fourth-order valence-corrected chi connectivity index (χ4v) is 2.82. The van der Waals surface area contributed by atoms with E-state index in [1.165, 1.54) is 23.9 Å². The Bertz CT molecular complexity index is 951. The molecule has 0 fully saturated rings. The quantitative estimate of drug-likeness (QED) is 0.486. The molecule has 4 rings (SSSR count).